The number of carbonyl (C=O) groups is 3. The van der Waals surface area contributed by atoms with E-state index in [9.17, 15) is 14.4 Å². The number of carbonyl (C=O) groups excluding carboxylic acids is 4. The third-order valence-corrected chi connectivity index (χ3v) is 2.71. The highest BCUT2D eigenvalue weighted by atomic mass is 16.5. The lowest BCUT2D eigenvalue weighted by molar-refractivity contribution is -0.191. The fourth-order valence-electron chi connectivity index (χ4n) is 1.58. The van der Waals surface area contributed by atoms with Gasteiger partial charge < -0.3 is 9.84 Å². The van der Waals surface area contributed by atoms with Crippen LogP contribution in [-0.2, 0) is 28.7 Å². The summed E-state index contributed by atoms with van der Waals surface area (Å²) in [6.07, 6.45) is 0.285. The molecule has 1 N–H and O–H groups in total. The van der Waals surface area contributed by atoms with Gasteiger partial charge in [0.15, 0.2) is 0 Å². The highest BCUT2D eigenvalue weighted by molar-refractivity contribution is 6.02. The molecule has 0 aromatic heterocycles. The summed E-state index contributed by atoms with van der Waals surface area (Å²) in [4.78, 5) is 50.0. The molecule has 0 aliphatic carbocycles. The Hall–Kier alpha value is -2.01. The van der Waals surface area contributed by atoms with Gasteiger partial charge in [-0.1, -0.05) is 6.92 Å². The molecule has 0 radical (unpaired) electrons. The Morgan fingerprint density at radius 1 is 1.21 bits per heavy atom. The summed E-state index contributed by atoms with van der Waals surface area (Å²) in [6, 6.07) is 0. The molecule has 0 amide bonds. The van der Waals surface area contributed by atoms with Gasteiger partial charge in [-0.3, -0.25) is 14.4 Å². The van der Waals surface area contributed by atoms with Gasteiger partial charge in [-0.05, 0) is 26.7 Å². The number of aliphatic carboxylic acids is 1. The summed E-state index contributed by atoms with van der Waals surface area (Å²) >= 11 is 0. The van der Waals surface area contributed by atoms with E-state index in [0.717, 1.165) is 0 Å². The zero-order valence-corrected chi connectivity index (χ0v) is 11.2. The highest BCUT2D eigenvalue weighted by Crippen LogP contribution is 2.31. The molecule has 0 spiro atoms. The molecule has 108 valence electrons. The van der Waals surface area contributed by atoms with Gasteiger partial charge in [0, 0.05) is 6.42 Å². The number of Topliss-reactive ketones (excluding diaryl/α,β-unsaturated/α-hetero) is 1. The number of ether oxygens (including phenoxy) is 1. The van der Waals surface area contributed by atoms with Crippen molar-refractivity contribution in [2.45, 2.75) is 40.0 Å². The summed E-state index contributed by atoms with van der Waals surface area (Å²) in [5, 5.41) is 8.60. The van der Waals surface area contributed by atoms with E-state index >= 15 is 0 Å². The molecule has 0 aromatic carbocycles. The molecular formula is C12H18O7. The molecule has 0 heterocycles. The monoisotopic (exact) mass is 274 g/mol. The lowest BCUT2D eigenvalue weighted by Gasteiger charge is -2.26. The quantitative estimate of drug-likeness (QED) is 0.539. The third kappa shape index (κ3) is 6.47. The number of carboxylic acid groups (broad SMARTS) is 1. The summed E-state index contributed by atoms with van der Waals surface area (Å²) in [5.74, 6) is -1.98. The van der Waals surface area contributed by atoms with Crippen molar-refractivity contribution < 1.29 is 33.8 Å². The zero-order valence-electron chi connectivity index (χ0n) is 11.2. The predicted octanol–water partition coefficient (Wildman–Crippen LogP) is 0.816. The van der Waals surface area contributed by atoms with Crippen LogP contribution in [0.4, 0.5) is 0 Å². The van der Waals surface area contributed by atoms with Crippen molar-refractivity contribution in [1.82, 2.24) is 0 Å². The van der Waals surface area contributed by atoms with Crippen molar-refractivity contribution in [3.05, 3.63) is 0 Å². The Morgan fingerprint density at radius 3 is 1.95 bits per heavy atom. The molecule has 7 nitrogen and oxygen atoms in total. The lowest BCUT2D eigenvalue weighted by atomic mass is 9.77. The van der Waals surface area contributed by atoms with Gasteiger partial charge in [-0.15, -0.1) is 0 Å². The normalized spacial score (nSPS) is 12.2. The van der Waals surface area contributed by atoms with Gasteiger partial charge in [0.05, 0.1) is 6.61 Å². The summed E-state index contributed by atoms with van der Waals surface area (Å²) < 4.78 is 4.84. The molecule has 1 atom stereocenters. The number of esters is 1. The van der Waals surface area contributed by atoms with Crippen LogP contribution >= 0.6 is 0 Å². The lowest BCUT2D eigenvalue weighted by Crippen LogP contribution is -2.39. The second-order valence-electron chi connectivity index (χ2n) is 3.69. The molecule has 7 heteroatoms. The number of hydrogen-bond donors (Lipinski definition) is 1. The van der Waals surface area contributed by atoms with E-state index in [1.807, 2.05) is 0 Å². The number of hydrogen-bond acceptors (Lipinski definition) is 6. The van der Waals surface area contributed by atoms with Crippen LogP contribution in [-0.4, -0.2) is 35.6 Å². The van der Waals surface area contributed by atoms with Crippen LogP contribution in [0.2, 0.25) is 0 Å². The maximum Gasteiger partial charge on any atom is 0.373 e. The van der Waals surface area contributed by atoms with Crippen LogP contribution in [0.15, 0.2) is 0 Å². The van der Waals surface area contributed by atoms with E-state index < -0.39 is 17.4 Å². The molecule has 0 saturated heterocycles. The summed E-state index contributed by atoms with van der Waals surface area (Å²) in [6.45, 7) is 4.80. The van der Waals surface area contributed by atoms with Crippen LogP contribution in [0, 0.1) is 5.41 Å². The van der Waals surface area contributed by atoms with Crippen molar-refractivity contribution >= 4 is 23.9 Å². The standard InChI is InChI=1S/C11H18O5.CO2/c1-4-11(8(3)12,7-6-9(13)14)10(15)16-5-2;2-1-3/h4-7H2,1-3H3,(H,13,14);. The number of carboxylic acids is 1. The van der Waals surface area contributed by atoms with Gasteiger partial charge in [0.2, 0.25) is 0 Å². The Kier molecular flexibility index (Phi) is 10.1. The maximum absolute atomic E-state index is 11.7. The van der Waals surface area contributed by atoms with Crippen LogP contribution in [0.5, 0.6) is 0 Å². The average molecular weight is 274 g/mol. The maximum atomic E-state index is 11.7. The smallest absolute Gasteiger partial charge is 0.373 e. The molecule has 0 aliphatic rings. The minimum Gasteiger partial charge on any atom is -0.481 e. The first-order valence-corrected chi connectivity index (χ1v) is 5.71. The van der Waals surface area contributed by atoms with E-state index in [2.05, 4.69) is 0 Å². The Balaban J connectivity index is 0. The van der Waals surface area contributed by atoms with E-state index in [1.165, 1.54) is 6.92 Å². The fourth-order valence-corrected chi connectivity index (χ4v) is 1.58. The second-order valence-corrected chi connectivity index (χ2v) is 3.69. The highest BCUT2D eigenvalue weighted by Gasteiger charge is 2.43. The van der Waals surface area contributed by atoms with Gasteiger partial charge in [-0.25, -0.2) is 0 Å². The minimum absolute atomic E-state index is 0.00694. The summed E-state index contributed by atoms with van der Waals surface area (Å²) in [5.41, 5.74) is -1.30. The van der Waals surface area contributed by atoms with Crippen molar-refractivity contribution in [2.75, 3.05) is 6.61 Å². The first-order valence-electron chi connectivity index (χ1n) is 5.71. The van der Waals surface area contributed by atoms with Gasteiger partial charge in [0.25, 0.3) is 0 Å². The topological polar surface area (TPSA) is 115 Å². The van der Waals surface area contributed by atoms with Crippen molar-refractivity contribution in [1.29, 1.82) is 0 Å². The van der Waals surface area contributed by atoms with Gasteiger partial charge in [0.1, 0.15) is 11.2 Å². The molecular weight excluding hydrogens is 256 g/mol. The largest absolute Gasteiger partial charge is 0.481 e. The van der Waals surface area contributed by atoms with Crippen molar-refractivity contribution in [3.8, 4) is 0 Å². The molecule has 1 unspecified atom stereocenters. The molecule has 0 bridgehead atoms. The van der Waals surface area contributed by atoms with Crippen LogP contribution in [0.1, 0.15) is 40.0 Å². The Morgan fingerprint density at radius 2 is 1.68 bits per heavy atom. The van der Waals surface area contributed by atoms with Gasteiger partial charge >= 0.3 is 18.1 Å². The molecule has 0 aliphatic heterocycles. The van der Waals surface area contributed by atoms with Crippen molar-refractivity contribution in [2.24, 2.45) is 5.41 Å². The van der Waals surface area contributed by atoms with E-state index in [1.54, 1.807) is 13.8 Å². The number of rotatable bonds is 7. The minimum atomic E-state index is -1.30. The van der Waals surface area contributed by atoms with Crippen LogP contribution in [0.25, 0.3) is 0 Å². The van der Waals surface area contributed by atoms with Crippen LogP contribution in [0.3, 0.4) is 0 Å². The molecule has 0 saturated carbocycles. The van der Waals surface area contributed by atoms with E-state index in [-0.39, 0.29) is 37.8 Å². The van der Waals surface area contributed by atoms with Crippen LogP contribution < -0.4 is 0 Å². The Bertz CT molecular complexity index is 355. The van der Waals surface area contributed by atoms with Gasteiger partial charge in [-0.2, -0.15) is 9.59 Å². The fraction of sp³-hybridized carbons (Fsp3) is 0.667. The molecule has 19 heavy (non-hydrogen) atoms. The SMILES string of the molecule is CCOC(=O)C(CC)(CCC(=O)O)C(C)=O.O=C=O. The zero-order chi connectivity index (χ0) is 15.5. The molecule has 0 aromatic rings. The van der Waals surface area contributed by atoms with Crippen molar-refractivity contribution in [3.63, 3.8) is 0 Å². The summed E-state index contributed by atoms with van der Waals surface area (Å²) in [7, 11) is 0. The molecule has 0 rings (SSSR count). The van der Waals surface area contributed by atoms with E-state index in [4.69, 9.17) is 19.4 Å². The van der Waals surface area contributed by atoms with E-state index in [0.29, 0.717) is 0 Å². The first-order chi connectivity index (χ1) is 8.82. The molecule has 0 fully saturated rings. The number of ketones is 1. The average Bonchev–Trinajstić information content (AvgIpc) is 2.31. The Labute approximate surface area is 110 Å². The third-order valence-electron chi connectivity index (χ3n) is 2.71. The first kappa shape index (κ1) is 19.3. The second kappa shape index (κ2) is 9.96. The predicted molar refractivity (Wildman–Crippen MR) is 61.9 cm³/mol.